The molecule has 8 heteroatoms. The monoisotopic (exact) mass is 446 g/mol. The molecule has 27 heavy (non-hydrogen) atoms. The fraction of sp³-hybridized carbons (Fsp3) is 0.105. The van der Waals surface area contributed by atoms with E-state index in [0.29, 0.717) is 22.7 Å². The topological polar surface area (TPSA) is 67.9 Å². The Morgan fingerprint density at radius 3 is 2.41 bits per heavy atom. The Balaban J connectivity index is 2.06. The molecule has 1 N–H and O–H groups in total. The Bertz CT molecular complexity index is 957. The number of nitrogens with one attached hydrogen (secondary N) is 1. The predicted octanol–water partition coefficient (Wildman–Crippen LogP) is 3.30. The van der Waals surface area contributed by atoms with Gasteiger partial charge in [0, 0.05) is 10.0 Å². The van der Waals surface area contributed by atoms with Crippen LogP contribution in [0.15, 0.2) is 52.5 Å². The van der Waals surface area contributed by atoms with Gasteiger partial charge in [0.25, 0.3) is 11.8 Å². The molecule has 0 spiro atoms. The molecule has 2 aromatic rings. The lowest BCUT2D eigenvalue weighted by Crippen LogP contribution is -2.54. The Labute approximate surface area is 169 Å². The van der Waals surface area contributed by atoms with Crippen LogP contribution in [-0.2, 0) is 9.59 Å². The second-order valence-corrected chi connectivity index (χ2v) is 6.82. The highest BCUT2D eigenvalue weighted by Crippen LogP contribution is 2.33. The molecule has 0 aromatic heterocycles. The van der Waals surface area contributed by atoms with E-state index in [4.69, 9.17) is 21.7 Å². The summed E-state index contributed by atoms with van der Waals surface area (Å²) < 4.78 is 11.5. The molecule has 1 fully saturated rings. The van der Waals surface area contributed by atoms with E-state index in [1.54, 1.807) is 42.5 Å². The van der Waals surface area contributed by atoms with Crippen molar-refractivity contribution >= 4 is 56.8 Å². The first-order valence-corrected chi connectivity index (χ1v) is 9.04. The lowest BCUT2D eigenvalue weighted by molar-refractivity contribution is -0.122. The normalized spacial score (nSPS) is 15.7. The van der Waals surface area contributed by atoms with Crippen LogP contribution in [0, 0.1) is 0 Å². The van der Waals surface area contributed by atoms with Gasteiger partial charge in [-0.2, -0.15) is 0 Å². The highest BCUT2D eigenvalue weighted by molar-refractivity contribution is 9.10. The van der Waals surface area contributed by atoms with E-state index in [-0.39, 0.29) is 10.7 Å². The predicted molar refractivity (Wildman–Crippen MR) is 110 cm³/mol. The quantitative estimate of drug-likeness (QED) is 0.443. The van der Waals surface area contributed by atoms with Gasteiger partial charge in [0.15, 0.2) is 16.6 Å². The molecular weight excluding hydrogens is 432 g/mol. The molecule has 0 radical (unpaired) electrons. The third kappa shape index (κ3) is 3.72. The molecule has 1 aliphatic heterocycles. The smallest absolute Gasteiger partial charge is 0.270 e. The zero-order valence-corrected chi connectivity index (χ0v) is 16.9. The highest BCUT2D eigenvalue weighted by Gasteiger charge is 2.34. The SMILES string of the molecule is COc1cccc(/C=C2\C(=O)NC(=S)N(c3ccc(Br)cc3)C2=O)c1OC. The maximum atomic E-state index is 13.0. The number of methoxy groups -OCH3 is 2. The van der Waals surface area contributed by atoms with Gasteiger partial charge in [0.2, 0.25) is 0 Å². The number of thiocarbonyl (C=S) groups is 1. The summed E-state index contributed by atoms with van der Waals surface area (Å²) in [7, 11) is 3.01. The molecule has 6 nitrogen and oxygen atoms in total. The number of para-hydroxylation sites is 1. The number of halogens is 1. The Kier molecular flexibility index (Phi) is 5.57. The van der Waals surface area contributed by atoms with Gasteiger partial charge in [0.1, 0.15) is 5.57 Å². The number of benzene rings is 2. The minimum atomic E-state index is -0.566. The van der Waals surface area contributed by atoms with Gasteiger partial charge in [-0.25, -0.2) is 0 Å². The summed E-state index contributed by atoms with van der Waals surface area (Å²) in [6.45, 7) is 0. The summed E-state index contributed by atoms with van der Waals surface area (Å²) in [5, 5.41) is 2.58. The van der Waals surface area contributed by atoms with Gasteiger partial charge in [-0.15, -0.1) is 0 Å². The van der Waals surface area contributed by atoms with Crippen LogP contribution >= 0.6 is 28.1 Å². The van der Waals surface area contributed by atoms with E-state index >= 15 is 0 Å². The fourth-order valence-corrected chi connectivity index (χ4v) is 3.21. The molecule has 1 saturated heterocycles. The molecule has 2 aromatic carbocycles. The van der Waals surface area contributed by atoms with Gasteiger partial charge in [-0.3, -0.25) is 19.8 Å². The van der Waals surface area contributed by atoms with E-state index < -0.39 is 11.8 Å². The molecular formula is C19H15BrN2O4S. The number of hydrogen-bond acceptors (Lipinski definition) is 5. The number of nitrogens with zero attached hydrogens (tertiary/aromatic N) is 1. The first-order valence-electron chi connectivity index (χ1n) is 7.84. The van der Waals surface area contributed by atoms with Gasteiger partial charge >= 0.3 is 0 Å². The number of amides is 2. The van der Waals surface area contributed by atoms with Crippen molar-refractivity contribution in [3.63, 3.8) is 0 Å². The van der Waals surface area contributed by atoms with Crippen LogP contribution in [0.4, 0.5) is 5.69 Å². The van der Waals surface area contributed by atoms with Crippen molar-refractivity contribution < 1.29 is 19.1 Å². The van der Waals surface area contributed by atoms with Gasteiger partial charge in [-0.1, -0.05) is 28.1 Å². The Morgan fingerprint density at radius 1 is 1.07 bits per heavy atom. The van der Waals surface area contributed by atoms with Crippen LogP contribution in [0.1, 0.15) is 5.56 Å². The van der Waals surface area contributed by atoms with E-state index in [1.807, 2.05) is 0 Å². The average molecular weight is 447 g/mol. The van der Waals surface area contributed by atoms with Gasteiger partial charge in [-0.05, 0) is 48.6 Å². The van der Waals surface area contributed by atoms with E-state index in [0.717, 1.165) is 4.47 Å². The molecule has 0 saturated carbocycles. The Morgan fingerprint density at radius 2 is 1.78 bits per heavy atom. The molecule has 138 valence electrons. The first kappa shape index (κ1) is 19.1. The van der Waals surface area contributed by atoms with Gasteiger partial charge < -0.3 is 9.47 Å². The van der Waals surface area contributed by atoms with Crippen molar-refractivity contribution in [2.45, 2.75) is 0 Å². The number of carbonyl (C=O) groups excluding carboxylic acids is 2. The molecule has 0 atom stereocenters. The number of carbonyl (C=O) groups is 2. The van der Waals surface area contributed by atoms with Crippen LogP contribution in [0.5, 0.6) is 11.5 Å². The van der Waals surface area contributed by atoms with E-state index in [2.05, 4.69) is 21.2 Å². The van der Waals surface area contributed by atoms with Gasteiger partial charge in [0.05, 0.1) is 19.9 Å². The second kappa shape index (κ2) is 7.89. The molecule has 0 bridgehead atoms. The minimum Gasteiger partial charge on any atom is -0.493 e. The van der Waals surface area contributed by atoms with Crippen LogP contribution < -0.4 is 19.7 Å². The summed E-state index contributed by atoms with van der Waals surface area (Å²) >= 11 is 8.54. The third-order valence-corrected chi connectivity index (χ3v) is 4.73. The summed E-state index contributed by atoms with van der Waals surface area (Å²) in [6, 6.07) is 12.2. The van der Waals surface area contributed by atoms with Crippen LogP contribution in [0.3, 0.4) is 0 Å². The fourth-order valence-electron chi connectivity index (χ4n) is 2.66. The van der Waals surface area contributed by atoms with Crippen molar-refractivity contribution in [2.75, 3.05) is 19.1 Å². The van der Waals surface area contributed by atoms with Crippen LogP contribution in [-0.4, -0.2) is 31.1 Å². The number of hydrogen-bond donors (Lipinski definition) is 1. The summed E-state index contributed by atoms with van der Waals surface area (Å²) in [5.74, 6) is -0.161. The summed E-state index contributed by atoms with van der Waals surface area (Å²) in [4.78, 5) is 26.7. The standard InChI is InChI=1S/C19H15BrN2O4S/c1-25-15-5-3-4-11(16(15)26-2)10-14-17(23)21-19(27)22(18(14)24)13-8-6-12(20)7-9-13/h3-10H,1-2H3,(H,21,23,27)/b14-10+. The lowest BCUT2D eigenvalue weighted by Gasteiger charge is -2.29. The molecule has 1 heterocycles. The zero-order chi connectivity index (χ0) is 19.6. The second-order valence-electron chi connectivity index (χ2n) is 5.52. The number of ether oxygens (including phenoxy) is 2. The van der Waals surface area contributed by atoms with Crippen molar-refractivity contribution in [3.05, 3.63) is 58.1 Å². The number of rotatable bonds is 4. The van der Waals surface area contributed by atoms with Crippen LogP contribution in [0.2, 0.25) is 0 Å². The third-order valence-electron chi connectivity index (χ3n) is 3.92. The molecule has 3 rings (SSSR count). The maximum absolute atomic E-state index is 13.0. The average Bonchev–Trinajstić information content (AvgIpc) is 2.66. The minimum absolute atomic E-state index is 0.0297. The highest BCUT2D eigenvalue weighted by atomic mass is 79.9. The van der Waals surface area contributed by atoms with E-state index in [1.165, 1.54) is 25.2 Å². The Hall–Kier alpha value is -2.71. The van der Waals surface area contributed by atoms with Crippen molar-refractivity contribution in [1.29, 1.82) is 0 Å². The van der Waals surface area contributed by atoms with E-state index in [9.17, 15) is 9.59 Å². The summed E-state index contributed by atoms with van der Waals surface area (Å²) in [6.07, 6.45) is 1.46. The van der Waals surface area contributed by atoms with Crippen molar-refractivity contribution in [1.82, 2.24) is 5.32 Å². The molecule has 2 amide bonds. The number of anilines is 1. The largest absolute Gasteiger partial charge is 0.493 e. The molecule has 0 aliphatic carbocycles. The van der Waals surface area contributed by atoms with Crippen molar-refractivity contribution in [3.8, 4) is 11.5 Å². The summed E-state index contributed by atoms with van der Waals surface area (Å²) in [5.41, 5.74) is 1.04. The van der Waals surface area contributed by atoms with Crippen molar-refractivity contribution in [2.24, 2.45) is 0 Å². The zero-order valence-electron chi connectivity index (χ0n) is 14.5. The first-order chi connectivity index (χ1) is 13.0. The molecule has 1 aliphatic rings. The van der Waals surface area contributed by atoms with Crippen LogP contribution in [0.25, 0.3) is 6.08 Å². The maximum Gasteiger partial charge on any atom is 0.270 e. The molecule has 0 unspecified atom stereocenters. The lowest BCUT2D eigenvalue weighted by atomic mass is 10.1.